The molecule has 0 unspecified atom stereocenters. The summed E-state index contributed by atoms with van der Waals surface area (Å²) in [4.78, 5) is 28.5. The quantitative estimate of drug-likeness (QED) is 0.630. The molecule has 0 radical (unpaired) electrons. The van der Waals surface area contributed by atoms with Gasteiger partial charge in [-0.3, -0.25) is 14.9 Å². The lowest BCUT2D eigenvalue weighted by atomic mass is 10.1. The standard InChI is InChI=1S/C23H26ClFN4O2S/c1-15(2)13-21(30)29-11-9-28(10-12-29)20-8-7-16(14-18(20)24)26-23(32)27-22(31)17-5-3-4-6-19(17)25/h3-8,14-15H,9-13H2,1-2H3,(H2,26,27,31,32). The molecule has 1 aliphatic rings. The van der Waals surface area contributed by atoms with Crippen molar-refractivity contribution in [1.82, 2.24) is 10.2 Å². The highest BCUT2D eigenvalue weighted by Gasteiger charge is 2.23. The first-order chi connectivity index (χ1) is 15.2. The molecule has 1 saturated heterocycles. The molecule has 6 nitrogen and oxygen atoms in total. The number of carbonyl (C=O) groups excluding carboxylic acids is 2. The summed E-state index contributed by atoms with van der Waals surface area (Å²) in [7, 11) is 0. The van der Waals surface area contributed by atoms with E-state index in [0.717, 1.165) is 5.69 Å². The van der Waals surface area contributed by atoms with Gasteiger partial charge in [-0.05, 0) is 48.5 Å². The molecule has 2 N–H and O–H groups in total. The number of nitrogens with zero attached hydrogens (tertiary/aromatic N) is 2. The van der Waals surface area contributed by atoms with Gasteiger partial charge in [-0.2, -0.15) is 0 Å². The molecular formula is C23H26ClFN4O2S. The second-order valence-electron chi connectivity index (χ2n) is 8.02. The number of piperazine rings is 1. The number of hydrogen-bond acceptors (Lipinski definition) is 4. The van der Waals surface area contributed by atoms with Crippen LogP contribution in [0.3, 0.4) is 0 Å². The SMILES string of the molecule is CC(C)CC(=O)N1CCN(c2ccc(NC(=S)NC(=O)c3ccccc3F)cc2Cl)CC1. The fraction of sp³-hybridized carbons (Fsp3) is 0.348. The predicted molar refractivity (Wildman–Crippen MR) is 130 cm³/mol. The maximum absolute atomic E-state index is 13.7. The highest BCUT2D eigenvalue weighted by Crippen LogP contribution is 2.30. The maximum Gasteiger partial charge on any atom is 0.260 e. The van der Waals surface area contributed by atoms with Crippen molar-refractivity contribution in [3.63, 3.8) is 0 Å². The molecule has 2 aromatic rings. The summed E-state index contributed by atoms with van der Waals surface area (Å²) in [6.45, 7) is 6.81. The van der Waals surface area contributed by atoms with Crippen LogP contribution in [0.1, 0.15) is 30.6 Å². The molecule has 0 atom stereocenters. The third-order valence-corrected chi connectivity index (χ3v) is 5.61. The zero-order valence-electron chi connectivity index (χ0n) is 18.0. The molecule has 0 spiro atoms. The second kappa shape index (κ2) is 10.7. The Kier molecular flexibility index (Phi) is 8.04. The van der Waals surface area contributed by atoms with Crippen molar-refractivity contribution in [3.05, 3.63) is 58.9 Å². The van der Waals surface area contributed by atoms with Gasteiger partial charge in [-0.1, -0.05) is 37.6 Å². The predicted octanol–water partition coefficient (Wildman–Crippen LogP) is 4.30. The van der Waals surface area contributed by atoms with Gasteiger partial charge in [0, 0.05) is 38.3 Å². The summed E-state index contributed by atoms with van der Waals surface area (Å²) >= 11 is 11.7. The molecular weight excluding hydrogens is 451 g/mol. The first kappa shape index (κ1) is 23.9. The Bertz CT molecular complexity index is 1010. The lowest BCUT2D eigenvalue weighted by Crippen LogP contribution is -2.49. The number of rotatable bonds is 5. The Balaban J connectivity index is 1.56. The highest BCUT2D eigenvalue weighted by molar-refractivity contribution is 7.80. The van der Waals surface area contributed by atoms with E-state index in [-0.39, 0.29) is 16.6 Å². The van der Waals surface area contributed by atoms with E-state index in [1.54, 1.807) is 18.2 Å². The lowest BCUT2D eigenvalue weighted by molar-refractivity contribution is -0.132. The van der Waals surface area contributed by atoms with E-state index in [4.69, 9.17) is 23.8 Å². The minimum atomic E-state index is -0.631. The van der Waals surface area contributed by atoms with Crippen LogP contribution in [0.25, 0.3) is 0 Å². The Hall–Kier alpha value is -2.71. The van der Waals surface area contributed by atoms with Gasteiger partial charge in [-0.25, -0.2) is 4.39 Å². The van der Waals surface area contributed by atoms with Crippen molar-refractivity contribution >= 4 is 52.1 Å². The van der Waals surface area contributed by atoms with Crippen molar-refractivity contribution in [2.75, 3.05) is 36.4 Å². The molecule has 170 valence electrons. The fourth-order valence-electron chi connectivity index (χ4n) is 3.49. The molecule has 2 aromatic carbocycles. The molecule has 9 heteroatoms. The van der Waals surface area contributed by atoms with Gasteiger partial charge in [-0.15, -0.1) is 0 Å². The van der Waals surface area contributed by atoms with Crippen molar-refractivity contribution in [3.8, 4) is 0 Å². The zero-order valence-corrected chi connectivity index (χ0v) is 19.6. The van der Waals surface area contributed by atoms with Crippen LogP contribution in [0.2, 0.25) is 5.02 Å². The third kappa shape index (κ3) is 6.17. The molecule has 0 aromatic heterocycles. The van der Waals surface area contributed by atoms with E-state index >= 15 is 0 Å². The first-order valence-corrected chi connectivity index (χ1v) is 11.2. The van der Waals surface area contributed by atoms with Gasteiger partial charge >= 0.3 is 0 Å². The van der Waals surface area contributed by atoms with Crippen LogP contribution in [0.5, 0.6) is 0 Å². The smallest absolute Gasteiger partial charge is 0.260 e. The topological polar surface area (TPSA) is 64.7 Å². The minimum Gasteiger partial charge on any atom is -0.367 e. The zero-order chi connectivity index (χ0) is 23.3. The normalized spacial score (nSPS) is 13.8. The van der Waals surface area contributed by atoms with Gasteiger partial charge in [0.1, 0.15) is 5.82 Å². The molecule has 0 bridgehead atoms. The van der Waals surface area contributed by atoms with E-state index in [0.29, 0.717) is 49.2 Å². The fourth-order valence-corrected chi connectivity index (χ4v) is 4.00. The van der Waals surface area contributed by atoms with Crippen LogP contribution < -0.4 is 15.5 Å². The van der Waals surface area contributed by atoms with E-state index in [9.17, 15) is 14.0 Å². The van der Waals surface area contributed by atoms with E-state index < -0.39 is 11.7 Å². The molecule has 1 fully saturated rings. The number of hydrogen-bond donors (Lipinski definition) is 2. The number of amides is 2. The van der Waals surface area contributed by atoms with Crippen molar-refractivity contribution in [1.29, 1.82) is 0 Å². The first-order valence-electron chi connectivity index (χ1n) is 10.4. The molecule has 0 aliphatic carbocycles. The summed E-state index contributed by atoms with van der Waals surface area (Å²) < 4.78 is 13.7. The Morgan fingerprint density at radius 2 is 1.81 bits per heavy atom. The summed E-state index contributed by atoms with van der Waals surface area (Å²) in [6.07, 6.45) is 0.564. The number of halogens is 2. The van der Waals surface area contributed by atoms with Crippen LogP contribution in [0.15, 0.2) is 42.5 Å². The minimum absolute atomic E-state index is 0.0411. The van der Waals surface area contributed by atoms with E-state index in [2.05, 4.69) is 15.5 Å². The van der Waals surface area contributed by atoms with Gasteiger partial charge in [0.15, 0.2) is 5.11 Å². The molecule has 32 heavy (non-hydrogen) atoms. The van der Waals surface area contributed by atoms with Crippen molar-refractivity contribution in [2.45, 2.75) is 20.3 Å². The number of nitrogens with one attached hydrogen (secondary N) is 2. The summed E-state index contributed by atoms with van der Waals surface area (Å²) in [6, 6.07) is 11.1. The van der Waals surface area contributed by atoms with Gasteiger partial charge in [0.2, 0.25) is 5.91 Å². The Labute approximate surface area is 197 Å². The van der Waals surface area contributed by atoms with E-state index in [1.807, 2.05) is 24.8 Å². The van der Waals surface area contributed by atoms with Gasteiger partial charge < -0.3 is 15.1 Å². The van der Waals surface area contributed by atoms with Crippen molar-refractivity contribution < 1.29 is 14.0 Å². The number of thiocarbonyl (C=S) groups is 1. The molecule has 3 rings (SSSR count). The summed E-state index contributed by atoms with van der Waals surface area (Å²) in [5, 5.41) is 5.93. The molecule has 1 heterocycles. The Morgan fingerprint density at radius 1 is 1.12 bits per heavy atom. The number of benzene rings is 2. The average Bonchev–Trinajstić information content (AvgIpc) is 2.73. The van der Waals surface area contributed by atoms with Crippen molar-refractivity contribution in [2.24, 2.45) is 5.92 Å². The third-order valence-electron chi connectivity index (χ3n) is 5.11. The summed E-state index contributed by atoms with van der Waals surface area (Å²) in [5.41, 5.74) is 1.38. The lowest BCUT2D eigenvalue weighted by Gasteiger charge is -2.37. The van der Waals surface area contributed by atoms with Crippen LogP contribution in [0, 0.1) is 11.7 Å². The molecule has 0 saturated carbocycles. The maximum atomic E-state index is 13.7. The van der Waals surface area contributed by atoms with Crippen LogP contribution in [-0.2, 0) is 4.79 Å². The monoisotopic (exact) mass is 476 g/mol. The van der Waals surface area contributed by atoms with Gasteiger partial charge in [0.05, 0.1) is 16.3 Å². The van der Waals surface area contributed by atoms with Crippen LogP contribution in [-0.4, -0.2) is 48.0 Å². The number of carbonyl (C=O) groups is 2. The van der Waals surface area contributed by atoms with Crippen LogP contribution in [0.4, 0.5) is 15.8 Å². The average molecular weight is 477 g/mol. The van der Waals surface area contributed by atoms with E-state index in [1.165, 1.54) is 18.2 Å². The number of anilines is 2. The summed E-state index contributed by atoms with van der Waals surface area (Å²) in [5.74, 6) is -0.715. The molecule has 1 aliphatic heterocycles. The van der Waals surface area contributed by atoms with Gasteiger partial charge in [0.25, 0.3) is 5.91 Å². The second-order valence-corrected chi connectivity index (χ2v) is 8.84. The highest BCUT2D eigenvalue weighted by atomic mass is 35.5. The molecule has 2 amide bonds. The van der Waals surface area contributed by atoms with Crippen LogP contribution >= 0.6 is 23.8 Å². The Morgan fingerprint density at radius 3 is 2.44 bits per heavy atom. The largest absolute Gasteiger partial charge is 0.367 e.